The van der Waals surface area contributed by atoms with Crippen molar-refractivity contribution in [3.63, 3.8) is 0 Å². The Balaban J connectivity index is 2.23. The molecule has 0 saturated heterocycles. The average Bonchev–Trinajstić information content (AvgIpc) is 2.64. The highest BCUT2D eigenvalue weighted by atomic mass is 35.5. The van der Waals surface area contributed by atoms with Crippen LogP contribution in [0.15, 0.2) is 24.3 Å². The van der Waals surface area contributed by atoms with E-state index in [4.69, 9.17) is 17.3 Å². The van der Waals surface area contributed by atoms with Gasteiger partial charge in [0.25, 0.3) is 5.91 Å². The molecule has 0 spiro atoms. The number of halogens is 2. The molecule has 2 rings (SSSR count). The number of thiophene rings is 1. The second-order valence-corrected chi connectivity index (χ2v) is 5.39. The Morgan fingerprint density at radius 3 is 2.78 bits per heavy atom. The van der Waals surface area contributed by atoms with Crippen molar-refractivity contribution in [3.8, 4) is 0 Å². The SMILES string of the molecule is Cc1sc(C(=O)Nc2cc(Cl)ccc2F)cc1N. The van der Waals surface area contributed by atoms with E-state index in [9.17, 15) is 9.18 Å². The van der Waals surface area contributed by atoms with E-state index in [0.717, 1.165) is 4.88 Å². The highest BCUT2D eigenvalue weighted by Gasteiger charge is 2.13. The number of anilines is 2. The summed E-state index contributed by atoms with van der Waals surface area (Å²) in [5, 5.41) is 2.82. The summed E-state index contributed by atoms with van der Waals surface area (Å²) in [5.41, 5.74) is 6.27. The van der Waals surface area contributed by atoms with Gasteiger partial charge in [-0.2, -0.15) is 0 Å². The Morgan fingerprint density at radius 1 is 1.44 bits per heavy atom. The topological polar surface area (TPSA) is 55.1 Å². The van der Waals surface area contributed by atoms with Gasteiger partial charge in [0, 0.05) is 15.6 Å². The van der Waals surface area contributed by atoms with Crippen molar-refractivity contribution in [2.75, 3.05) is 11.1 Å². The number of aryl methyl sites for hydroxylation is 1. The molecule has 18 heavy (non-hydrogen) atoms. The molecular formula is C12H10ClFN2OS. The average molecular weight is 285 g/mol. The highest BCUT2D eigenvalue weighted by Crippen LogP contribution is 2.25. The molecule has 0 aliphatic heterocycles. The molecule has 3 N–H and O–H groups in total. The lowest BCUT2D eigenvalue weighted by Gasteiger charge is -2.05. The summed E-state index contributed by atoms with van der Waals surface area (Å²) >= 11 is 7.00. The molecule has 0 radical (unpaired) electrons. The standard InChI is InChI=1S/C12H10ClFN2OS/c1-6-9(15)5-11(18-6)12(17)16-10-4-7(13)2-3-8(10)14/h2-5H,15H2,1H3,(H,16,17). The molecule has 2 aromatic rings. The Labute approximate surface area is 112 Å². The summed E-state index contributed by atoms with van der Waals surface area (Å²) in [6.45, 7) is 1.82. The maximum Gasteiger partial charge on any atom is 0.265 e. The molecule has 1 heterocycles. The zero-order valence-electron chi connectivity index (χ0n) is 9.46. The van der Waals surface area contributed by atoms with Gasteiger partial charge >= 0.3 is 0 Å². The Bertz CT molecular complexity index is 593. The van der Waals surface area contributed by atoms with Crippen LogP contribution < -0.4 is 11.1 Å². The molecule has 6 heteroatoms. The third-order valence-corrected chi connectivity index (χ3v) is 3.66. The lowest BCUT2D eigenvalue weighted by Crippen LogP contribution is -2.11. The Kier molecular flexibility index (Phi) is 3.54. The van der Waals surface area contributed by atoms with E-state index in [0.29, 0.717) is 15.6 Å². The van der Waals surface area contributed by atoms with Crippen LogP contribution >= 0.6 is 22.9 Å². The third-order valence-electron chi connectivity index (χ3n) is 2.36. The van der Waals surface area contributed by atoms with E-state index in [1.54, 1.807) is 6.07 Å². The quantitative estimate of drug-likeness (QED) is 0.884. The van der Waals surface area contributed by atoms with Crippen molar-refractivity contribution in [1.29, 1.82) is 0 Å². The lowest BCUT2D eigenvalue weighted by atomic mass is 10.3. The summed E-state index contributed by atoms with van der Waals surface area (Å²) in [5.74, 6) is -0.935. The van der Waals surface area contributed by atoms with Crippen LogP contribution in [0.1, 0.15) is 14.5 Å². The first kappa shape index (κ1) is 12.9. The Morgan fingerprint density at radius 2 is 2.17 bits per heavy atom. The van der Waals surface area contributed by atoms with Gasteiger partial charge < -0.3 is 11.1 Å². The van der Waals surface area contributed by atoms with Gasteiger partial charge in [0.2, 0.25) is 0 Å². The monoisotopic (exact) mass is 284 g/mol. The predicted octanol–water partition coefficient (Wildman–Crippen LogP) is 3.68. The minimum atomic E-state index is -0.533. The van der Waals surface area contributed by atoms with E-state index >= 15 is 0 Å². The molecule has 0 bridgehead atoms. The number of carbonyl (C=O) groups is 1. The van der Waals surface area contributed by atoms with Gasteiger partial charge in [0.05, 0.1) is 10.6 Å². The lowest BCUT2D eigenvalue weighted by molar-refractivity contribution is 0.103. The predicted molar refractivity (Wildman–Crippen MR) is 72.8 cm³/mol. The van der Waals surface area contributed by atoms with Crippen LogP contribution in [0.4, 0.5) is 15.8 Å². The van der Waals surface area contributed by atoms with E-state index in [2.05, 4.69) is 5.32 Å². The first-order valence-corrected chi connectivity index (χ1v) is 6.29. The fourth-order valence-electron chi connectivity index (χ4n) is 1.39. The molecule has 3 nitrogen and oxygen atoms in total. The number of carbonyl (C=O) groups excluding carboxylic acids is 1. The van der Waals surface area contributed by atoms with Gasteiger partial charge in [0.1, 0.15) is 5.82 Å². The van der Waals surface area contributed by atoms with E-state index in [1.165, 1.54) is 29.5 Å². The van der Waals surface area contributed by atoms with Gasteiger partial charge in [-0.25, -0.2) is 4.39 Å². The molecule has 0 fully saturated rings. The first-order chi connectivity index (χ1) is 8.47. The first-order valence-electron chi connectivity index (χ1n) is 5.09. The summed E-state index contributed by atoms with van der Waals surface area (Å²) < 4.78 is 13.4. The summed E-state index contributed by atoms with van der Waals surface area (Å²) in [7, 11) is 0. The molecule has 0 saturated carbocycles. The van der Waals surface area contributed by atoms with Crippen LogP contribution in [0.3, 0.4) is 0 Å². The smallest absolute Gasteiger partial charge is 0.265 e. The number of rotatable bonds is 2. The number of amides is 1. The fourth-order valence-corrected chi connectivity index (χ4v) is 2.39. The van der Waals surface area contributed by atoms with Crippen molar-refractivity contribution in [1.82, 2.24) is 0 Å². The number of hydrogen-bond acceptors (Lipinski definition) is 3. The minimum Gasteiger partial charge on any atom is -0.398 e. The van der Waals surface area contributed by atoms with Crippen LogP contribution in [0.2, 0.25) is 5.02 Å². The van der Waals surface area contributed by atoms with Gasteiger partial charge in [-0.05, 0) is 31.2 Å². The zero-order chi connectivity index (χ0) is 13.3. The third kappa shape index (κ3) is 2.63. The van der Waals surface area contributed by atoms with Gasteiger partial charge in [0.15, 0.2) is 0 Å². The maximum atomic E-state index is 13.4. The highest BCUT2D eigenvalue weighted by molar-refractivity contribution is 7.14. The van der Waals surface area contributed by atoms with Crippen LogP contribution in [-0.4, -0.2) is 5.91 Å². The molecule has 0 unspecified atom stereocenters. The molecule has 1 aromatic carbocycles. The second kappa shape index (κ2) is 4.96. The van der Waals surface area contributed by atoms with Crippen molar-refractivity contribution < 1.29 is 9.18 Å². The van der Waals surface area contributed by atoms with Gasteiger partial charge in [-0.15, -0.1) is 11.3 Å². The van der Waals surface area contributed by atoms with Crippen LogP contribution in [0.5, 0.6) is 0 Å². The Hall–Kier alpha value is -1.59. The van der Waals surface area contributed by atoms with E-state index < -0.39 is 11.7 Å². The molecule has 0 aliphatic carbocycles. The van der Waals surface area contributed by atoms with Gasteiger partial charge in [-0.1, -0.05) is 11.6 Å². The number of nitrogens with one attached hydrogen (secondary N) is 1. The molecule has 0 atom stereocenters. The molecule has 0 aliphatic rings. The number of nitrogen functional groups attached to an aromatic ring is 1. The summed E-state index contributed by atoms with van der Waals surface area (Å²) in [6.07, 6.45) is 0. The summed E-state index contributed by atoms with van der Waals surface area (Å²) in [4.78, 5) is 13.2. The van der Waals surface area contributed by atoms with E-state index in [-0.39, 0.29) is 5.69 Å². The van der Waals surface area contributed by atoms with Gasteiger partial charge in [-0.3, -0.25) is 4.79 Å². The largest absolute Gasteiger partial charge is 0.398 e. The minimum absolute atomic E-state index is 0.0529. The van der Waals surface area contributed by atoms with Crippen molar-refractivity contribution >= 4 is 40.2 Å². The number of hydrogen-bond donors (Lipinski definition) is 2. The molecule has 94 valence electrons. The normalized spacial score (nSPS) is 10.4. The molecular weight excluding hydrogens is 275 g/mol. The summed E-state index contributed by atoms with van der Waals surface area (Å²) in [6, 6.07) is 5.54. The van der Waals surface area contributed by atoms with Crippen LogP contribution in [0, 0.1) is 12.7 Å². The second-order valence-electron chi connectivity index (χ2n) is 3.70. The molecule has 1 aromatic heterocycles. The van der Waals surface area contributed by atoms with E-state index in [1.807, 2.05) is 6.92 Å². The maximum absolute atomic E-state index is 13.4. The fraction of sp³-hybridized carbons (Fsp3) is 0.0833. The number of benzene rings is 1. The van der Waals surface area contributed by atoms with Crippen LogP contribution in [-0.2, 0) is 0 Å². The van der Waals surface area contributed by atoms with Crippen LogP contribution in [0.25, 0.3) is 0 Å². The number of nitrogens with two attached hydrogens (primary N) is 1. The van der Waals surface area contributed by atoms with Crippen molar-refractivity contribution in [3.05, 3.63) is 44.9 Å². The van der Waals surface area contributed by atoms with Crippen molar-refractivity contribution in [2.45, 2.75) is 6.92 Å². The molecule has 1 amide bonds. The van der Waals surface area contributed by atoms with Crippen molar-refractivity contribution in [2.24, 2.45) is 0 Å². The zero-order valence-corrected chi connectivity index (χ0v) is 11.0.